The zero-order valence-corrected chi connectivity index (χ0v) is 14.8. The highest BCUT2D eigenvalue weighted by Gasteiger charge is 2.06. The van der Waals surface area contributed by atoms with Crippen LogP contribution in [0.3, 0.4) is 0 Å². The SMILES string of the molecule is Cn1cc(-c2ccc(CCNC(=O)c3cncc(Br)c3)cc2)cn1. The van der Waals surface area contributed by atoms with Crippen molar-refractivity contribution in [1.82, 2.24) is 20.1 Å². The van der Waals surface area contributed by atoms with Gasteiger partial charge in [-0.25, -0.2) is 0 Å². The quantitative estimate of drug-likeness (QED) is 0.734. The van der Waals surface area contributed by atoms with Crippen molar-refractivity contribution >= 4 is 21.8 Å². The molecular weight excluding hydrogens is 368 g/mol. The molecule has 0 atom stereocenters. The molecule has 1 N–H and O–H groups in total. The molecule has 0 aliphatic carbocycles. The summed E-state index contributed by atoms with van der Waals surface area (Å²) in [5, 5.41) is 7.09. The summed E-state index contributed by atoms with van der Waals surface area (Å²) >= 11 is 3.31. The van der Waals surface area contributed by atoms with Crippen LogP contribution in [0, 0.1) is 0 Å². The first-order valence-corrected chi connectivity index (χ1v) is 8.38. The topological polar surface area (TPSA) is 59.8 Å². The normalized spacial score (nSPS) is 10.6. The second-order valence-corrected chi connectivity index (χ2v) is 6.41. The van der Waals surface area contributed by atoms with Gasteiger partial charge in [0.2, 0.25) is 0 Å². The number of nitrogens with zero attached hydrogens (tertiary/aromatic N) is 3. The van der Waals surface area contributed by atoms with Gasteiger partial charge in [-0.05, 0) is 39.5 Å². The largest absolute Gasteiger partial charge is 0.352 e. The summed E-state index contributed by atoms with van der Waals surface area (Å²) < 4.78 is 2.58. The number of carbonyl (C=O) groups is 1. The third-order valence-corrected chi connectivity index (χ3v) is 4.09. The molecule has 0 aliphatic heterocycles. The highest BCUT2D eigenvalue weighted by Crippen LogP contribution is 2.18. The fourth-order valence-corrected chi connectivity index (χ4v) is 2.76. The number of nitrogens with one attached hydrogen (secondary N) is 1. The van der Waals surface area contributed by atoms with Gasteiger partial charge >= 0.3 is 0 Å². The van der Waals surface area contributed by atoms with Gasteiger partial charge in [-0.15, -0.1) is 0 Å². The second-order valence-electron chi connectivity index (χ2n) is 5.50. The Balaban J connectivity index is 1.54. The lowest BCUT2D eigenvalue weighted by Gasteiger charge is -2.06. The van der Waals surface area contributed by atoms with Crippen LogP contribution in [-0.2, 0) is 13.5 Å². The molecule has 122 valence electrons. The van der Waals surface area contributed by atoms with Gasteiger partial charge in [0.1, 0.15) is 0 Å². The molecular formula is C18H17BrN4O. The van der Waals surface area contributed by atoms with Gasteiger partial charge in [-0.2, -0.15) is 5.10 Å². The van der Waals surface area contributed by atoms with Gasteiger partial charge in [-0.3, -0.25) is 14.5 Å². The van der Waals surface area contributed by atoms with Crippen molar-refractivity contribution in [3.05, 3.63) is 70.7 Å². The molecule has 0 saturated carbocycles. The van der Waals surface area contributed by atoms with Gasteiger partial charge in [0, 0.05) is 42.2 Å². The molecule has 1 aromatic carbocycles. The highest BCUT2D eigenvalue weighted by molar-refractivity contribution is 9.10. The number of hydrogen-bond donors (Lipinski definition) is 1. The standard InChI is InChI=1S/C18H17BrN4O/c1-23-12-16(10-22-23)14-4-2-13(3-5-14)6-7-21-18(24)15-8-17(19)11-20-9-15/h2-5,8-12H,6-7H2,1H3,(H,21,24). The molecule has 0 bridgehead atoms. The Morgan fingerprint density at radius 1 is 1.17 bits per heavy atom. The van der Waals surface area contributed by atoms with E-state index in [-0.39, 0.29) is 5.91 Å². The summed E-state index contributed by atoms with van der Waals surface area (Å²) in [6.07, 6.45) is 7.83. The molecule has 0 saturated heterocycles. The molecule has 3 rings (SSSR count). The zero-order chi connectivity index (χ0) is 16.9. The lowest BCUT2D eigenvalue weighted by Crippen LogP contribution is -2.25. The van der Waals surface area contributed by atoms with Crippen LogP contribution in [0.2, 0.25) is 0 Å². The van der Waals surface area contributed by atoms with Crippen molar-refractivity contribution in [1.29, 1.82) is 0 Å². The number of rotatable bonds is 5. The fraction of sp³-hybridized carbons (Fsp3) is 0.167. The molecule has 24 heavy (non-hydrogen) atoms. The maximum atomic E-state index is 12.0. The number of pyridine rings is 1. The maximum absolute atomic E-state index is 12.0. The molecule has 5 nitrogen and oxygen atoms in total. The summed E-state index contributed by atoms with van der Waals surface area (Å²) in [7, 11) is 1.90. The number of halogens is 1. The molecule has 0 fully saturated rings. The van der Waals surface area contributed by atoms with E-state index in [1.54, 1.807) is 23.1 Å². The zero-order valence-electron chi connectivity index (χ0n) is 13.2. The van der Waals surface area contributed by atoms with Crippen LogP contribution in [0.1, 0.15) is 15.9 Å². The first-order chi connectivity index (χ1) is 11.6. The minimum absolute atomic E-state index is 0.115. The summed E-state index contributed by atoms with van der Waals surface area (Å²) in [4.78, 5) is 16.0. The monoisotopic (exact) mass is 384 g/mol. The number of hydrogen-bond acceptors (Lipinski definition) is 3. The van der Waals surface area contributed by atoms with E-state index in [4.69, 9.17) is 0 Å². The van der Waals surface area contributed by atoms with E-state index in [9.17, 15) is 4.79 Å². The van der Waals surface area contributed by atoms with Crippen LogP contribution >= 0.6 is 15.9 Å². The molecule has 1 amide bonds. The minimum atomic E-state index is -0.115. The molecule has 0 aliphatic rings. The van der Waals surface area contributed by atoms with E-state index in [2.05, 4.69) is 55.6 Å². The van der Waals surface area contributed by atoms with Crippen LogP contribution in [-0.4, -0.2) is 27.2 Å². The number of amides is 1. The number of carbonyl (C=O) groups excluding carboxylic acids is 1. The van der Waals surface area contributed by atoms with Crippen molar-refractivity contribution in [3.8, 4) is 11.1 Å². The summed E-state index contributed by atoms with van der Waals surface area (Å²) in [5.41, 5.74) is 3.96. The molecule has 2 heterocycles. The van der Waals surface area contributed by atoms with Gasteiger partial charge < -0.3 is 5.32 Å². The molecule has 6 heteroatoms. The van der Waals surface area contributed by atoms with Gasteiger partial charge in [0.25, 0.3) is 5.91 Å². The van der Waals surface area contributed by atoms with Crippen LogP contribution in [0.4, 0.5) is 0 Å². The van der Waals surface area contributed by atoms with Crippen LogP contribution < -0.4 is 5.32 Å². The van der Waals surface area contributed by atoms with Gasteiger partial charge in [-0.1, -0.05) is 24.3 Å². The Morgan fingerprint density at radius 2 is 1.96 bits per heavy atom. The summed E-state index contributed by atoms with van der Waals surface area (Å²) in [6, 6.07) is 10.1. The number of aryl methyl sites for hydroxylation is 1. The van der Waals surface area contributed by atoms with Gasteiger partial charge in [0.15, 0.2) is 0 Å². The van der Waals surface area contributed by atoms with Crippen LogP contribution in [0.25, 0.3) is 11.1 Å². The predicted octanol–water partition coefficient (Wildman–Crippen LogP) is 3.22. The van der Waals surface area contributed by atoms with Crippen LogP contribution in [0.15, 0.2) is 59.6 Å². The van der Waals surface area contributed by atoms with E-state index in [0.717, 1.165) is 22.0 Å². The summed E-state index contributed by atoms with van der Waals surface area (Å²) in [5.74, 6) is -0.115. The Kier molecular flexibility index (Phi) is 5.05. The Labute approximate surface area is 148 Å². The predicted molar refractivity (Wildman–Crippen MR) is 96.6 cm³/mol. The van der Waals surface area contributed by atoms with Crippen LogP contribution in [0.5, 0.6) is 0 Å². The van der Waals surface area contributed by atoms with E-state index in [0.29, 0.717) is 12.1 Å². The van der Waals surface area contributed by atoms with Crippen molar-refractivity contribution in [2.45, 2.75) is 6.42 Å². The first-order valence-electron chi connectivity index (χ1n) is 7.58. The lowest BCUT2D eigenvalue weighted by molar-refractivity contribution is 0.0953. The molecule has 0 radical (unpaired) electrons. The van der Waals surface area contributed by atoms with Crippen molar-refractivity contribution < 1.29 is 4.79 Å². The minimum Gasteiger partial charge on any atom is -0.352 e. The Bertz CT molecular complexity index is 842. The van der Waals surface area contributed by atoms with Crippen molar-refractivity contribution in [2.24, 2.45) is 7.05 Å². The van der Waals surface area contributed by atoms with Gasteiger partial charge in [0.05, 0.1) is 11.8 Å². The highest BCUT2D eigenvalue weighted by atomic mass is 79.9. The van der Waals surface area contributed by atoms with E-state index in [1.807, 2.05) is 19.4 Å². The lowest BCUT2D eigenvalue weighted by atomic mass is 10.1. The molecule has 3 aromatic rings. The Morgan fingerprint density at radius 3 is 2.62 bits per heavy atom. The maximum Gasteiger partial charge on any atom is 0.252 e. The number of benzene rings is 1. The van der Waals surface area contributed by atoms with E-state index < -0.39 is 0 Å². The fourth-order valence-electron chi connectivity index (χ4n) is 2.39. The molecule has 0 spiro atoms. The van der Waals surface area contributed by atoms with Crippen molar-refractivity contribution in [2.75, 3.05) is 6.54 Å². The molecule has 0 unspecified atom stereocenters. The summed E-state index contributed by atoms with van der Waals surface area (Å²) in [6.45, 7) is 0.581. The third kappa shape index (κ3) is 4.08. The van der Waals surface area contributed by atoms with E-state index >= 15 is 0 Å². The second kappa shape index (κ2) is 7.40. The van der Waals surface area contributed by atoms with E-state index in [1.165, 1.54) is 5.56 Å². The Hall–Kier alpha value is -2.47. The third-order valence-electron chi connectivity index (χ3n) is 3.66. The molecule has 2 aromatic heterocycles. The average Bonchev–Trinajstić information content (AvgIpc) is 3.02. The first kappa shape index (κ1) is 16.4. The average molecular weight is 385 g/mol. The smallest absolute Gasteiger partial charge is 0.252 e. The van der Waals surface area contributed by atoms with Crippen molar-refractivity contribution in [3.63, 3.8) is 0 Å². The number of aromatic nitrogens is 3.